The molecule has 1 aliphatic rings. The van der Waals surface area contributed by atoms with Crippen molar-refractivity contribution in [1.29, 1.82) is 0 Å². The molecule has 0 unspecified atom stereocenters. The Morgan fingerprint density at radius 1 is 1.13 bits per heavy atom. The number of halogens is 1. The van der Waals surface area contributed by atoms with Crippen LogP contribution in [-0.2, 0) is 4.79 Å². The molecule has 0 spiro atoms. The Balaban J connectivity index is 0.00000264. The molecule has 1 aromatic carbocycles. The van der Waals surface area contributed by atoms with Gasteiger partial charge < -0.3 is 20.3 Å². The van der Waals surface area contributed by atoms with Gasteiger partial charge in [-0.1, -0.05) is 12.1 Å². The highest BCUT2D eigenvalue weighted by molar-refractivity contribution is 5.97. The highest BCUT2D eigenvalue weighted by atomic mass is 35.5. The quantitative estimate of drug-likeness (QED) is 0.871. The van der Waals surface area contributed by atoms with Crippen molar-refractivity contribution >= 4 is 24.2 Å². The zero-order chi connectivity index (χ0) is 15.9. The molecule has 128 valence electrons. The van der Waals surface area contributed by atoms with Gasteiger partial charge in [-0.25, -0.2) is 0 Å². The molecule has 0 saturated carbocycles. The van der Waals surface area contributed by atoms with Crippen molar-refractivity contribution in [1.82, 2.24) is 9.80 Å². The van der Waals surface area contributed by atoms with Gasteiger partial charge in [0.15, 0.2) is 0 Å². The summed E-state index contributed by atoms with van der Waals surface area (Å²) in [6.45, 7) is 4.96. The molecule has 23 heavy (non-hydrogen) atoms. The molecule has 6 nitrogen and oxygen atoms in total. The molecule has 0 aliphatic carbocycles. The van der Waals surface area contributed by atoms with Crippen molar-refractivity contribution in [3.63, 3.8) is 0 Å². The number of nitrogens with zero attached hydrogens (tertiary/aromatic N) is 2. The van der Waals surface area contributed by atoms with E-state index in [2.05, 4.69) is 0 Å². The first-order chi connectivity index (χ1) is 10.7. The number of rotatable bonds is 5. The smallest absolute Gasteiger partial charge is 0.257 e. The fourth-order valence-corrected chi connectivity index (χ4v) is 2.54. The molecular formula is C16H24ClN3O3. The van der Waals surface area contributed by atoms with E-state index in [9.17, 15) is 9.59 Å². The van der Waals surface area contributed by atoms with Crippen LogP contribution in [0.4, 0.5) is 0 Å². The molecule has 2 amide bonds. The summed E-state index contributed by atoms with van der Waals surface area (Å²) in [5, 5.41) is 0. The predicted octanol–water partition coefficient (Wildman–Crippen LogP) is 1.14. The van der Waals surface area contributed by atoms with Crippen LogP contribution < -0.4 is 10.5 Å². The average molecular weight is 342 g/mol. The topological polar surface area (TPSA) is 75.9 Å². The molecule has 0 radical (unpaired) electrons. The Morgan fingerprint density at radius 3 is 2.35 bits per heavy atom. The number of para-hydroxylation sites is 1. The SMILES string of the molecule is CCOc1ccccc1C(=O)N1CCN(C(=O)CCN)CC1.Cl. The molecule has 7 heteroatoms. The maximum Gasteiger partial charge on any atom is 0.257 e. The van der Waals surface area contributed by atoms with E-state index in [-0.39, 0.29) is 24.2 Å². The Labute approximate surface area is 143 Å². The van der Waals surface area contributed by atoms with E-state index in [0.717, 1.165) is 0 Å². The molecule has 0 bridgehead atoms. The molecule has 1 aliphatic heterocycles. The number of carbonyl (C=O) groups is 2. The van der Waals surface area contributed by atoms with Crippen LogP contribution in [0.15, 0.2) is 24.3 Å². The van der Waals surface area contributed by atoms with Crippen molar-refractivity contribution in [2.45, 2.75) is 13.3 Å². The van der Waals surface area contributed by atoms with Crippen molar-refractivity contribution in [3.05, 3.63) is 29.8 Å². The third kappa shape index (κ3) is 4.84. The summed E-state index contributed by atoms with van der Waals surface area (Å²) in [6.07, 6.45) is 0.362. The summed E-state index contributed by atoms with van der Waals surface area (Å²) in [5.41, 5.74) is 5.98. The minimum Gasteiger partial charge on any atom is -0.493 e. The predicted molar refractivity (Wildman–Crippen MR) is 91.0 cm³/mol. The van der Waals surface area contributed by atoms with Crippen LogP contribution in [0.25, 0.3) is 0 Å². The number of ether oxygens (including phenoxy) is 1. The summed E-state index contributed by atoms with van der Waals surface area (Å²) in [6, 6.07) is 7.26. The fraction of sp³-hybridized carbons (Fsp3) is 0.500. The first kappa shape index (κ1) is 19.3. The summed E-state index contributed by atoms with van der Waals surface area (Å²) >= 11 is 0. The molecule has 1 fully saturated rings. The Bertz CT molecular complexity index is 531. The Hall–Kier alpha value is -1.79. The highest BCUT2D eigenvalue weighted by Gasteiger charge is 2.25. The number of nitrogens with two attached hydrogens (primary N) is 1. The molecule has 1 saturated heterocycles. The van der Waals surface area contributed by atoms with Gasteiger partial charge in [-0.15, -0.1) is 12.4 Å². The van der Waals surface area contributed by atoms with Gasteiger partial charge in [0, 0.05) is 39.1 Å². The molecule has 0 atom stereocenters. The zero-order valence-corrected chi connectivity index (χ0v) is 14.2. The van der Waals surface area contributed by atoms with Gasteiger partial charge in [-0.3, -0.25) is 9.59 Å². The van der Waals surface area contributed by atoms with Crippen LogP contribution in [0.2, 0.25) is 0 Å². The van der Waals surface area contributed by atoms with Crippen molar-refractivity contribution in [2.24, 2.45) is 5.73 Å². The minimum absolute atomic E-state index is 0. The van der Waals surface area contributed by atoms with E-state index in [0.29, 0.717) is 57.1 Å². The lowest BCUT2D eigenvalue weighted by molar-refractivity contribution is -0.132. The second-order valence-electron chi connectivity index (χ2n) is 5.14. The standard InChI is InChI=1S/C16H23N3O3.ClH/c1-2-22-14-6-4-3-5-13(14)16(21)19-11-9-18(10-12-19)15(20)7-8-17;/h3-6H,2,7-12,17H2,1H3;1H. The molecular weight excluding hydrogens is 318 g/mol. The van der Waals surface area contributed by atoms with Crippen LogP contribution in [-0.4, -0.2) is 60.9 Å². The van der Waals surface area contributed by atoms with E-state index in [1.165, 1.54) is 0 Å². The van der Waals surface area contributed by atoms with E-state index < -0.39 is 0 Å². The lowest BCUT2D eigenvalue weighted by atomic mass is 10.1. The van der Waals surface area contributed by atoms with Crippen LogP contribution in [0.3, 0.4) is 0 Å². The molecule has 1 heterocycles. The summed E-state index contributed by atoms with van der Waals surface area (Å²) in [4.78, 5) is 28.0. The lowest BCUT2D eigenvalue weighted by Crippen LogP contribution is -2.50. The molecule has 0 aromatic heterocycles. The van der Waals surface area contributed by atoms with E-state index in [4.69, 9.17) is 10.5 Å². The number of hydrogen-bond acceptors (Lipinski definition) is 4. The summed E-state index contributed by atoms with van der Waals surface area (Å²) < 4.78 is 5.51. The first-order valence-electron chi connectivity index (χ1n) is 7.66. The molecule has 2 rings (SSSR count). The van der Waals surface area contributed by atoms with Crippen LogP contribution in [0.5, 0.6) is 5.75 Å². The third-order valence-corrected chi connectivity index (χ3v) is 3.70. The van der Waals surface area contributed by atoms with Gasteiger partial charge in [-0.05, 0) is 19.1 Å². The second kappa shape index (κ2) is 9.37. The number of benzene rings is 1. The van der Waals surface area contributed by atoms with Gasteiger partial charge in [0.1, 0.15) is 5.75 Å². The van der Waals surface area contributed by atoms with Crippen molar-refractivity contribution in [3.8, 4) is 5.75 Å². The van der Waals surface area contributed by atoms with Crippen LogP contribution >= 0.6 is 12.4 Å². The lowest BCUT2D eigenvalue weighted by Gasteiger charge is -2.35. The Kier molecular flexibility index (Phi) is 7.85. The zero-order valence-electron chi connectivity index (χ0n) is 13.4. The van der Waals surface area contributed by atoms with Crippen molar-refractivity contribution in [2.75, 3.05) is 39.3 Å². The maximum absolute atomic E-state index is 12.6. The maximum atomic E-state index is 12.6. The van der Waals surface area contributed by atoms with E-state index in [1.54, 1.807) is 21.9 Å². The molecule has 1 aromatic rings. The van der Waals surface area contributed by atoms with Crippen LogP contribution in [0.1, 0.15) is 23.7 Å². The van der Waals surface area contributed by atoms with Gasteiger partial charge in [0.05, 0.1) is 12.2 Å². The number of carbonyl (C=O) groups excluding carboxylic acids is 2. The number of hydrogen-bond donors (Lipinski definition) is 1. The largest absolute Gasteiger partial charge is 0.493 e. The first-order valence-corrected chi connectivity index (χ1v) is 7.66. The van der Waals surface area contributed by atoms with Gasteiger partial charge >= 0.3 is 0 Å². The molecule has 2 N–H and O–H groups in total. The minimum atomic E-state index is -0.0463. The van der Waals surface area contributed by atoms with E-state index in [1.807, 2.05) is 19.1 Å². The summed E-state index contributed by atoms with van der Waals surface area (Å²) in [5.74, 6) is 0.621. The van der Waals surface area contributed by atoms with Gasteiger partial charge in [-0.2, -0.15) is 0 Å². The average Bonchev–Trinajstić information content (AvgIpc) is 2.55. The van der Waals surface area contributed by atoms with Crippen molar-refractivity contribution < 1.29 is 14.3 Å². The fourth-order valence-electron chi connectivity index (χ4n) is 2.54. The second-order valence-corrected chi connectivity index (χ2v) is 5.14. The Morgan fingerprint density at radius 2 is 1.74 bits per heavy atom. The van der Waals surface area contributed by atoms with Crippen LogP contribution in [0, 0.1) is 0 Å². The third-order valence-electron chi connectivity index (χ3n) is 3.70. The monoisotopic (exact) mass is 341 g/mol. The normalized spacial score (nSPS) is 14.2. The van der Waals surface area contributed by atoms with Gasteiger partial charge in [0.25, 0.3) is 5.91 Å². The summed E-state index contributed by atoms with van der Waals surface area (Å²) in [7, 11) is 0. The van der Waals surface area contributed by atoms with Gasteiger partial charge in [0.2, 0.25) is 5.91 Å². The van der Waals surface area contributed by atoms with E-state index >= 15 is 0 Å². The highest BCUT2D eigenvalue weighted by Crippen LogP contribution is 2.20. The number of amides is 2. The number of piperazine rings is 1.